The maximum Gasteiger partial charge on any atom is 0.268 e. The van der Waals surface area contributed by atoms with Crippen molar-refractivity contribution in [1.82, 2.24) is 15.1 Å². The van der Waals surface area contributed by atoms with Crippen molar-refractivity contribution in [2.45, 2.75) is 6.92 Å². The van der Waals surface area contributed by atoms with Crippen LogP contribution >= 0.6 is 0 Å². The van der Waals surface area contributed by atoms with Crippen LogP contribution in [0, 0.1) is 29.6 Å². The van der Waals surface area contributed by atoms with Gasteiger partial charge in [0.05, 0.1) is 0 Å². The van der Waals surface area contributed by atoms with E-state index in [0.29, 0.717) is 22.8 Å². The molecule has 0 atom stereocenters. The fraction of sp³-hybridized carbons (Fsp3) is 0.0625. The molecule has 8 nitrogen and oxygen atoms in total. The van der Waals surface area contributed by atoms with Gasteiger partial charge < -0.3 is 15.2 Å². The molecule has 8 heteroatoms. The lowest BCUT2D eigenvalue weighted by atomic mass is 9.96. The van der Waals surface area contributed by atoms with Crippen LogP contribution < -0.4 is 11.3 Å². The summed E-state index contributed by atoms with van der Waals surface area (Å²) in [5, 5.41) is 22.4. The number of aromatic amines is 1. The molecular weight excluding hydrogens is 308 g/mol. The highest BCUT2D eigenvalue weighted by molar-refractivity contribution is 5.81. The number of nitrogens with one attached hydrogen (secondary N) is 1. The Morgan fingerprint density at radius 2 is 1.75 bits per heavy atom. The Bertz CT molecular complexity index is 1060. The van der Waals surface area contributed by atoms with Gasteiger partial charge in [-0.1, -0.05) is 29.4 Å². The van der Waals surface area contributed by atoms with E-state index in [2.05, 4.69) is 15.1 Å². The van der Waals surface area contributed by atoms with E-state index in [0.717, 1.165) is 0 Å². The van der Waals surface area contributed by atoms with Crippen LogP contribution in [0.25, 0.3) is 22.5 Å². The lowest BCUT2D eigenvalue weighted by Gasteiger charge is -2.09. The third-order valence-electron chi connectivity index (χ3n) is 3.43. The zero-order chi connectivity index (χ0) is 17.3. The number of aryl methyl sites for hydroxylation is 1. The van der Waals surface area contributed by atoms with Gasteiger partial charge in [0.2, 0.25) is 11.7 Å². The molecule has 0 aliphatic heterocycles. The molecule has 0 unspecified atom stereocenters. The van der Waals surface area contributed by atoms with Crippen molar-refractivity contribution >= 4 is 5.82 Å². The molecule has 0 bridgehead atoms. The van der Waals surface area contributed by atoms with Gasteiger partial charge in [0.25, 0.3) is 5.56 Å². The molecule has 116 valence electrons. The van der Waals surface area contributed by atoms with Gasteiger partial charge >= 0.3 is 0 Å². The third kappa shape index (κ3) is 2.38. The van der Waals surface area contributed by atoms with E-state index >= 15 is 0 Å². The Balaban J connectivity index is 2.18. The second kappa shape index (κ2) is 5.71. The molecule has 0 amide bonds. The second-order valence-electron chi connectivity index (χ2n) is 4.93. The molecular formula is C16H10N6O2. The van der Waals surface area contributed by atoms with Crippen molar-refractivity contribution in [2.75, 3.05) is 5.73 Å². The fourth-order valence-corrected chi connectivity index (χ4v) is 2.33. The summed E-state index contributed by atoms with van der Waals surface area (Å²) in [5.74, 6) is 0.787. The number of pyridine rings is 1. The molecule has 2 heterocycles. The number of aromatic nitrogens is 3. The molecule has 0 radical (unpaired) electrons. The summed E-state index contributed by atoms with van der Waals surface area (Å²) < 4.78 is 4.93. The number of anilines is 1. The molecule has 0 fully saturated rings. The Kier molecular flexibility index (Phi) is 3.57. The average Bonchev–Trinajstić information content (AvgIpc) is 3.01. The monoisotopic (exact) mass is 318 g/mol. The quantitative estimate of drug-likeness (QED) is 0.731. The summed E-state index contributed by atoms with van der Waals surface area (Å²) in [7, 11) is 0. The van der Waals surface area contributed by atoms with Gasteiger partial charge in [-0.15, -0.1) is 0 Å². The van der Waals surface area contributed by atoms with Gasteiger partial charge in [0, 0.05) is 18.1 Å². The Labute approximate surface area is 135 Å². The first-order valence-electron chi connectivity index (χ1n) is 6.82. The van der Waals surface area contributed by atoms with E-state index < -0.39 is 5.56 Å². The van der Waals surface area contributed by atoms with Crippen LogP contribution in [0.2, 0.25) is 0 Å². The number of nitrogens with two attached hydrogens (primary N) is 1. The number of hydrogen-bond acceptors (Lipinski definition) is 7. The predicted octanol–water partition coefficient (Wildman–Crippen LogP) is 1.73. The van der Waals surface area contributed by atoms with Crippen LogP contribution in [0.3, 0.4) is 0 Å². The summed E-state index contributed by atoms with van der Waals surface area (Å²) in [5.41, 5.74) is 6.37. The van der Waals surface area contributed by atoms with Crippen molar-refractivity contribution in [3.63, 3.8) is 0 Å². The maximum atomic E-state index is 11.9. The third-order valence-corrected chi connectivity index (χ3v) is 3.43. The summed E-state index contributed by atoms with van der Waals surface area (Å²) in [4.78, 5) is 18.4. The number of H-pyrrole nitrogens is 1. The number of nitrogen functional groups attached to an aromatic ring is 1. The molecule has 0 spiro atoms. The first kappa shape index (κ1) is 15.0. The Morgan fingerprint density at radius 3 is 2.29 bits per heavy atom. The van der Waals surface area contributed by atoms with Crippen molar-refractivity contribution in [3.05, 3.63) is 51.6 Å². The summed E-state index contributed by atoms with van der Waals surface area (Å²) >= 11 is 0. The SMILES string of the molecule is Cc1nc(-c2ccc(-c3c(C#N)c(N)[nH]c(=O)c3C#N)cc2)no1. The Hall–Kier alpha value is -3.91. The van der Waals surface area contributed by atoms with Crippen LogP contribution in [0.1, 0.15) is 17.0 Å². The zero-order valence-electron chi connectivity index (χ0n) is 12.5. The first-order chi connectivity index (χ1) is 11.5. The van der Waals surface area contributed by atoms with Gasteiger partial charge in [0.1, 0.15) is 29.1 Å². The van der Waals surface area contributed by atoms with Crippen LogP contribution in [0.5, 0.6) is 0 Å². The number of hydrogen-bond donors (Lipinski definition) is 2. The highest BCUT2D eigenvalue weighted by atomic mass is 16.5. The van der Waals surface area contributed by atoms with Crippen molar-refractivity contribution in [2.24, 2.45) is 0 Å². The van der Waals surface area contributed by atoms with Gasteiger partial charge in [-0.2, -0.15) is 15.5 Å². The minimum absolute atomic E-state index is 0.0503. The van der Waals surface area contributed by atoms with Crippen molar-refractivity contribution in [3.8, 4) is 34.7 Å². The second-order valence-corrected chi connectivity index (χ2v) is 4.93. The van der Waals surface area contributed by atoms with Crippen LogP contribution in [-0.2, 0) is 0 Å². The molecule has 0 saturated heterocycles. The van der Waals surface area contributed by atoms with Crippen molar-refractivity contribution < 1.29 is 4.52 Å². The van der Waals surface area contributed by atoms with Crippen LogP contribution in [-0.4, -0.2) is 15.1 Å². The van der Waals surface area contributed by atoms with E-state index in [9.17, 15) is 15.3 Å². The average molecular weight is 318 g/mol. The van der Waals surface area contributed by atoms with Crippen molar-refractivity contribution in [1.29, 1.82) is 10.5 Å². The molecule has 2 aromatic heterocycles. The Morgan fingerprint density at radius 1 is 1.12 bits per heavy atom. The highest BCUT2D eigenvalue weighted by Crippen LogP contribution is 2.29. The van der Waals surface area contributed by atoms with E-state index in [1.807, 2.05) is 12.1 Å². The first-order valence-corrected chi connectivity index (χ1v) is 6.82. The molecule has 3 N–H and O–H groups in total. The normalized spacial score (nSPS) is 10.1. The standard InChI is InChI=1S/C16H10N6O2/c1-8-20-15(22-24-8)10-4-2-9(3-5-10)13-11(6-17)14(19)21-16(23)12(13)7-18/h2-5H,1H3,(H3,19,21,23). The minimum atomic E-state index is -0.637. The predicted molar refractivity (Wildman–Crippen MR) is 84.4 cm³/mol. The number of rotatable bonds is 2. The van der Waals surface area contributed by atoms with E-state index in [1.165, 1.54) is 0 Å². The highest BCUT2D eigenvalue weighted by Gasteiger charge is 2.18. The van der Waals surface area contributed by atoms with Crippen LogP contribution in [0.15, 0.2) is 33.6 Å². The minimum Gasteiger partial charge on any atom is -0.384 e. The molecule has 3 rings (SSSR count). The van der Waals surface area contributed by atoms with Gasteiger partial charge in [-0.05, 0) is 5.56 Å². The number of benzene rings is 1. The molecule has 3 aromatic rings. The fourth-order valence-electron chi connectivity index (χ4n) is 2.33. The topological polar surface area (TPSA) is 145 Å². The lowest BCUT2D eigenvalue weighted by Crippen LogP contribution is -2.16. The largest absolute Gasteiger partial charge is 0.384 e. The molecule has 0 saturated carbocycles. The summed E-state index contributed by atoms with van der Waals surface area (Å²) in [6.45, 7) is 1.68. The number of nitriles is 2. The zero-order valence-corrected chi connectivity index (χ0v) is 12.5. The van der Waals surface area contributed by atoms with E-state index in [-0.39, 0.29) is 22.5 Å². The molecule has 0 aliphatic carbocycles. The van der Waals surface area contributed by atoms with Gasteiger partial charge in [0.15, 0.2) is 0 Å². The van der Waals surface area contributed by atoms with E-state index in [1.54, 1.807) is 31.2 Å². The maximum absolute atomic E-state index is 11.9. The number of nitrogens with zero attached hydrogens (tertiary/aromatic N) is 4. The smallest absolute Gasteiger partial charge is 0.268 e. The molecule has 24 heavy (non-hydrogen) atoms. The van der Waals surface area contributed by atoms with Gasteiger partial charge in [-0.25, -0.2) is 0 Å². The van der Waals surface area contributed by atoms with E-state index in [4.69, 9.17) is 10.3 Å². The lowest BCUT2D eigenvalue weighted by molar-refractivity contribution is 0.394. The summed E-state index contributed by atoms with van der Waals surface area (Å²) in [6.07, 6.45) is 0. The van der Waals surface area contributed by atoms with Gasteiger partial charge in [-0.3, -0.25) is 4.79 Å². The molecule has 1 aromatic carbocycles. The van der Waals surface area contributed by atoms with Crippen LogP contribution in [0.4, 0.5) is 5.82 Å². The molecule has 0 aliphatic rings. The summed E-state index contributed by atoms with van der Waals surface area (Å²) in [6, 6.07) is 10.5.